The van der Waals surface area contributed by atoms with E-state index in [9.17, 15) is 9.59 Å². The largest absolute Gasteiger partial charge is 0.477 e. The van der Waals surface area contributed by atoms with Crippen molar-refractivity contribution in [3.8, 4) is 11.6 Å². The third-order valence-corrected chi connectivity index (χ3v) is 1.97. The molecule has 6 heteroatoms. The molecule has 2 N–H and O–H groups in total. The van der Waals surface area contributed by atoms with Gasteiger partial charge in [-0.15, -0.1) is 0 Å². The van der Waals surface area contributed by atoms with Crippen LogP contribution >= 0.6 is 0 Å². The first-order chi connectivity index (χ1) is 8.16. The Morgan fingerprint density at radius 2 is 2.18 bits per heavy atom. The van der Waals surface area contributed by atoms with Gasteiger partial charge in [-0.25, -0.2) is 9.78 Å². The second-order valence-corrected chi connectivity index (χ2v) is 3.15. The Balaban J connectivity index is 2.33. The Bertz CT molecular complexity index is 586. The highest BCUT2D eigenvalue weighted by molar-refractivity contribution is 5.90. The molecule has 0 saturated heterocycles. The summed E-state index contributed by atoms with van der Waals surface area (Å²) >= 11 is 0. The van der Waals surface area contributed by atoms with Gasteiger partial charge >= 0.3 is 5.97 Å². The average molecular weight is 232 g/mol. The lowest BCUT2D eigenvalue weighted by Gasteiger charge is -2.06. The zero-order valence-corrected chi connectivity index (χ0v) is 8.58. The molecule has 17 heavy (non-hydrogen) atoms. The van der Waals surface area contributed by atoms with Crippen LogP contribution in [0.3, 0.4) is 0 Å². The maximum absolute atomic E-state index is 10.9. The van der Waals surface area contributed by atoms with E-state index in [-0.39, 0.29) is 17.0 Å². The second-order valence-electron chi connectivity index (χ2n) is 3.15. The molecule has 2 aromatic rings. The lowest BCUT2D eigenvalue weighted by molar-refractivity contribution is 0.0693. The van der Waals surface area contributed by atoms with Crippen molar-refractivity contribution in [2.24, 2.45) is 0 Å². The Hall–Kier alpha value is -2.63. The van der Waals surface area contributed by atoms with Crippen LogP contribution < -0.4 is 10.3 Å². The summed E-state index contributed by atoms with van der Waals surface area (Å²) in [6.07, 6.45) is 2.76. The highest BCUT2D eigenvalue weighted by atomic mass is 16.5. The van der Waals surface area contributed by atoms with E-state index in [2.05, 4.69) is 9.97 Å². The number of nitrogens with zero attached hydrogens (tertiary/aromatic N) is 1. The van der Waals surface area contributed by atoms with Crippen LogP contribution in [0, 0.1) is 0 Å². The van der Waals surface area contributed by atoms with Crippen molar-refractivity contribution in [3.63, 3.8) is 0 Å². The van der Waals surface area contributed by atoms with Crippen molar-refractivity contribution in [2.75, 3.05) is 0 Å². The number of carboxylic acids is 1. The number of aromatic amines is 1. The van der Waals surface area contributed by atoms with Crippen LogP contribution in [0.4, 0.5) is 0 Å². The lowest BCUT2D eigenvalue weighted by atomic mass is 10.3. The number of carbonyl (C=O) groups is 1. The minimum Gasteiger partial charge on any atom is -0.477 e. The van der Waals surface area contributed by atoms with Crippen molar-refractivity contribution < 1.29 is 14.6 Å². The molecule has 6 nitrogen and oxygen atoms in total. The number of hydrogen-bond acceptors (Lipinski definition) is 4. The smallest absolute Gasteiger partial charge is 0.341 e. The second kappa shape index (κ2) is 4.48. The van der Waals surface area contributed by atoms with Gasteiger partial charge in [0, 0.05) is 18.5 Å². The maximum Gasteiger partial charge on any atom is 0.341 e. The summed E-state index contributed by atoms with van der Waals surface area (Å²) < 4.78 is 5.26. The molecule has 0 saturated carbocycles. The minimum absolute atomic E-state index is 0.0213. The van der Waals surface area contributed by atoms with Gasteiger partial charge in [0.25, 0.3) is 0 Å². The first-order valence-electron chi connectivity index (χ1n) is 4.72. The quantitative estimate of drug-likeness (QED) is 0.831. The molecule has 0 aliphatic carbocycles. The highest BCUT2D eigenvalue weighted by Gasteiger charge is 2.12. The van der Waals surface area contributed by atoms with E-state index < -0.39 is 5.97 Å². The van der Waals surface area contributed by atoms with Crippen LogP contribution in [-0.4, -0.2) is 21.0 Å². The third-order valence-electron chi connectivity index (χ3n) is 1.97. The molecular formula is C11H8N2O4. The number of carboxylic acid groups (broad SMARTS) is 1. The Kier molecular flexibility index (Phi) is 2.87. The van der Waals surface area contributed by atoms with Crippen LogP contribution in [0.15, 0.2) is 41.5 Å². The van der Waals surface area contributed by atoms with Gasteiger partial charge in [-0.05, 0) is 18.2 Å². The Morgan fingerprint density at radius 3 is 2.82 bits per heavy atom. The van der Waals surface area contributed by atoms with Crippen molar-refractivity contribution in [3.05, 3.63) is 52.6 Å². The summed E-state index contributed by atoms with van der Waals surface area (Å²) in [7, 11) is 0. The van der Waals surface area contributed by atoms with E-state index in [1.807, 2.05) is 0 Å². The van der Waals surface area contributed by atoms with E-state index in [0.717, 1.165) is 0 Å². The van der Waals surface area contributed by atoms with Gasteiger partial charge in [-0.3, -0.25) is 4.79 Å². The summed E-state index contributed by atoms with van der Waals surface area (Å²) in [6.45, 7) is 0. The van der Waals surface area contributed by atoms with Crippen molar-refractivity contribution in [2.45, 2.75) is 0 Å². The molecule has 86 valence electrons. The topological polar surface area (TPSA) is 92.3 Å². The fraction of sp³-hybridized carbons (Fsp3) is 0. The summed E-state index contributed by atoms with van der Waals surface area (Å²) in [4.78, 5) is 28.0. The molecule has 0 fully saturated rings. The molecule has 0 unspecified atom stereocenters. The van der Waals surface area contributed by atoms with Crippen molar-refractivity contribution >= 4 is 5.97 Å². The number of H-pyrrole nitrogens is 1. The number of nitrogens with one attached hydrogen (secondary N) is 1. The number of rotatable bonds is 3. The summed E-state index contributed by atoms with van der Waals surface area (Å²) in [5.41, 5.74) is -0.310. The third kappa shape index (κ3) is 2.49. The van der Waals surface area contributed by atoms with E-state index in [1.165, 1.54) is 36.7 Å². The molecule has 0 atom stereocenters. The molecule has 0 aliphatic rings. The fourth-order valence-corrected chi connectivity index (χ4v) is 1.21. The number of hydrogen-bond donors (Lipinski definition) is 2. The molecule has 0 aliphatic heterocycles. The van der Waals surface area contributed by atoms with Gasteiger partial charge in [0.2, 0.25) is 11.4 Å². The molecule has 0 radical (unpaired) electrons. The number of pyridine rings is 2. The molecule has 2 aromatic heterocycles. The van der Waals surface area contributed by atoms with Crippen LogP contribution in [0.25, 0.3) is 0 Å². The van der Waals surface area contributed by atoms with E-state index in [0.29, 0.717) is 5.75 Å². The monoisotopic (exact) mass is 232 g/mol. The molecule has 2 heterocycles. The molecule has 0 amide bonds. The zero-order valence-electron chi connectivity index (χ0n) is 8.58. The fourth-order valence-electron chi connectivity index (χ4n) is 1.21. The first-order valence-corrected chi connectivity index (χ1v) is 4.72. The Labute approximate surface area is 95.5 Å². The molecule has 0 spiro atoms. The SMILES string of the molecule is O=C(O)c1cccnc1Oc1ccc(=O)[nH]c1. The average Bonchev–Trinajstić information content (AvgIpc) is 2.32. The number of ether oxygens (including phenoxy) is 1. The van der Waals surface area contributed by atoms with E-state index >= 15 is 0 Å². The molecule has 0 aromatic carbocycles. The summed E-state index contributed by atoms with van der Waals surface area (Å²) in [5.74, 6) is -0.838. The van der Waals surface area contributed by atoms with Crippen molar-refractivity contribution in [1.29, 1.82) is 0 Å². The number of aromatic carboxylic acids is 1. The molecule has 0 bridgehead atoms. The van der Waals surface area contributed by atoms with Crippen molar-refractivity contribution in [1.82, 2.24) is 9.97 Å². The lowest BCUT2D eigenvalue weighted by Crippen LogP contribution is -2.04. The highest BCUT2D eigenvalue weighted by Crippen LogP contribution is 2.21. The molecular weight excluding hydrogens is 224 g/mol. The van der Waals surface area contributed by atoms with Gasteiger partial charge in [-0.1, -0.05) is 0 Å². The van der Waals surface area contributed by atoms with Crippen LogP contribution in [-0.2, 0) is 0 Å². The predicted molar refractivity (Wildman–Crippen MR) is 58.3 cm³/mol. The predicted octanol–water partition coefficient (Wildman–Crippen LogP) is 1.26. The van der Waals surface area contributed by atoms with Gasteiger partial charge in [0.1, 0.15) is 11.3 Å². The minimum atomic E-state index is -1.13. The van der Waals surface area contributed by atoms with Gasteiger partial charge in [0.15, 0.2) is 0 Å². The number of aromatic nitrogens is 2. The van der Waals surface area contributed by atoms with Gasteiger partial charge in [0.05, 0.1) is 0 Å². The normalized spacial score (nSPS) is 9.88. The Morgan fingerprint density at radius 1 is 1.35 bits per heavy atom. The summed E-state index contributed by atoms with van der Waals surface area (Å²) in [6, 6.07) is 5.59. The van der Waals surface area contributed by atoms with Crippen LogP contribution in [0.2, 0.25) is 0 Å². The van der Waals surface area contributed by atoms with Crippen LogP contribution in [0.1, 0.15) is 10.4 Å². The first kappa shape index (κ1) is 10.9. The van der Waals surface area contributed by atoms with E-state index in [4.69, 9.17) is 9.84 Å². The van der Waals surface area contributed by atoms with E-state index in [1.54, 1.807) is 0 Å². The molecule has 2 rings (SSSR count). The zero-order chi connectivity index (χ0) is 12.3. The van der Waals surface area contributed by atoms with Gasteiger partial charge < -0.3 is 14.8 Å². The standard InChI is InChI=1S/C11H8N2O4/c14-9-4-3-7(6-13-9)17-10-8(11(15)16)2-1-5-12-10/h1-6H,(H,13,14)(H,15,16). The maximum atomic E-state index is 10.9. The summed E-state index contributed by atoms with van der Waals surface area (Å²) in [5, 5.41) is 8.91. The van der Waals surface area contributed by atoms with Crippen LogP contribution in [0.5, 0.6) is 11.6 Å². The van der Waals surface area contributed by atoms with Gasteiger partial charge in [-0.2, -0.15) is 0 Å².